The molecule has 4 heteroatoms. The highest BCUT2D eigenvalue weighted by Gasteiger charge is 2.14. The third-order valence-corrected chi connectivity index (χ3v) is 4.60. The van der Waals surface area contributed by atoms with E-state index in [0.29, 0.717) is 13.2 Å². The van der Waals surface area contributed by atoms with Crippen molar-refractivity contribution in [3.8, 4) is 0 Å². The van der Waals surface area contributed by atoms with E-state index in [1.807, 2.05) is 25.2 Å². The quantitative estimate of drug-likeness (QED) is 0.558. The first-order chi connectivity index (χ1) is 9.33. The fourth-order valence-electron chi connectivity index (χ4n) is 2.50. The number of rotatable bonds is 9. The van der Waals surface area contributed by atoms with Gasteiger partial charge in [-0.3, -0.25) is 0 Å². The molecular formula is C15H25NO2S. The molecule has 0 atom stereocenters. The minimum Gasteiger partial charge on any atom is -0.353 e. The summed E-state index contributed by atoms with van der Waals surface area (Å²) >= 11 is 1.98. The number of hydrogen-bond donors (Lipinski definition) is 1. The molecule has 0 saturated carbocycles. The van der Waals surface area contributed by atoms with Crippen LogP contribution in [-0.2, 0) is 28.9 Å². The van der Waals surface area contributed by atoms with Crippen LogP contribution in [0.4, 0.5) is 0 Å². The van der Waals surface area contributed by atoms with Crippen LogP contribution < -0.4 is 5.32 Å². The van der Waals surface area contributed by atoms with Crippen molar-refractivity contribution in [1.82, 2.24) is 5.32 Å². The Labute approximate surface area is 120 Å². The largest absolute Gasteiger partial charge is 0.353 e. The second-order valence-electron chi connectivity index (χ2n) is 4.82. The fraction of sp³-hybridized carbons (Fsp3) is 0.733. The predicted molar refractivity (Wildman–Crippen MR) is 79.7 cm³/mol. The van der Waals surface area contributed by atoms with E-state index >= 15 is 0 Å². The van der Waals surface area contributed by atoms with Crippen LogP contribution in [0.15, 0.2) is 6.07 Å². The molecule has 0 fully saturated rings. The summed E-state index contributed by atoms with van der Waals surface area (Å²) in [5, 5.41) is 3.49. The van der Waals surface area contributed by atoms with Gasteiger partial charge in [0, 0.05) is 42.5 Å². The van der Waals surface area contributed by atoms with Crippen LogP contribution in [0, 0.1) is 0 Å². The van der Waals surface area contributed by atoms with Gasteiger partial charge < -0.3 is 14.8 Å². The van der Waals surface area contributed by atoms with Crippen molar-refractivity contribution in [1.29, 1.82) is 0 Å². The summed E-state index contributed by atoms with van der Waals surface area (Å²) in [4.78, 5) is 3.08. The molecule has 19 heavy (non-hydrogen) atoms. The molecule has 0 spiro atoms. The number of fused-ring (bicyclic) bond motifs is 1. The van der Waals surface area contributed by atoms with Gasteiger partial charge in [-0.05, 0) is 44.7 Å². The maximum atomic E-state index is 5.52. The summed E-state index contributed by atoms with van der Waals surface area (Å²) in [5.74, 6) is 0. The second-order valence-corrected chi connectivity index (χ2v) is 6.04. The van der Waals surface area contributed by atoms with Gasteiger partial charge in [0.15, 0.2) is 6.29 Å². The van der Waals surface area contributed by atoms with Crippen molar-refractivity contribution < 1.29 is 9.47 Å². The van der Waals surface area contributed by atoms with Gasteiger partial charge in [0.1, 0.15) is 0 Å². The molecule has 3 nitrogen and oxygen atoms in total. The van der Waals surface area contributed by atoms with Crippen molar-refractivity contribution in [2.75, 3.05) is 19.8 Å². The van der Waals surface area contributed by atoms with Crippen LogP contribution in [0.2, 0.25) is 0 Å². The summed E-state index contributed by atoms with van der Waals surface area (Å²) in [6.45, 7) is 7.35. The highest BCUT2D eigenvalue weighted by atomic mass is 32.1. The number of aryl methyl sites for hydroxylation is 2. The molecule has 0 saturated heterocycles. The Morgan fingerprint density at radius 3 is 2.74 bits per heavy atom. The number of thiophene rings is 1. The maximum absolute atomic E-state index is 5.52. The lowest BCUT2D eigenvalue weighted by Crippen LogP contribution is -2.24. The molecule has 108 valence electrons. The molecule has 0 amide bonds. The molecule has 1 N–H and O–H groups in total. The zero-order valence-corrected chi connectivity index (χ0v) is 12.9. The Balaban J connectivity index is 1.65. The summed E-state index contributed by atoms with van der Waals surface area (Å²) < 4.78 is 11.0. The second kappa shape index (κ2) is 8.00. The first kappa shape index (κ1) is 15.0. The molecule has 0 aliphatic heterocycles. The van der Waals surface area contributed by atoms with E-state index in [2.05, 4.69) is 11.4 Å². The Morgan fingerprint density at radius 2 is 2.05 bits per heavy atom. The first-order valence-electron chi connectivity index (χ1n) is 7.37. The summed E-state index contributed by atoms with van der Waals surface area (Å²) in [6.07, 6.45) is 4.77. The summed E-state index contributed by atoms with van der Waals surface area (Å²) in [6, 6.07) is 2.38. The lowest BCUT2D eigenvalue weighted by atomic mass is 10.2. The molecule has 1 aromatic heterocycles. The lowest BCUT2D eigenvalue weighted by Gasteiger charge is -2.16. The van der Waals surface area contributed by atoms with Crippen molar-refractivity contribution in [3.63, 3.8) is 0 Å². The van der Waals surface area contributed by atoms with Crippen molar-refractivity contribution >= 4 is 11.3 Å². The first-order valence-corrected chi connectivity index (χ1v) is 8.19. The van der Waals surface area contributed by atoms with Crippen LogP contribution in [0.25, 0.3) is 0 Å². The summed E-state index contributed by atoms with van der Waals surface area (Å²) in [7, 11) is 0. The molecule has 2 rings (SSSR count). The molecule has 0 aromatic carbocycles. The van der Waals surface area contributed by atoms with Crippen molar-refractivity contribution in [2.24, 2.45) is 0 Å². The third kappa shape index (κ3) is 4.56. The van der Waals surface area contributed by atoms with Gasteiger partial charge in [-0.2, -0.15) is 0 Å². The van der Waals surface area contributed by atoms with Crippen LogP contribution >= 0.6 is 11.3 Å². The molecule has 1 aromatic rings. The van der Waals surface area contributed by atoms with Gasteiger partial charge in [0.2, 0.25) is 0 Å². The van der Waals surface area contributed by atoms with Gasteiger partial charge in [-0.15, -0.1) is 11.3 Å². The highest BCUT2D eigenvalue weighted by molar-refractivity contribution is 7.12. The molecular weight excluding hydrogens is 258 g/mol. The van der Waals surface area contributed by atoms with E-state index in [0.717, 1.165) is 19.5 Å². The summed E-state index contributed by atoms with van der Waals surface area (Å²) in [5.41, 5.74) is 1.59. The monoisotopic (exact) mass is 283 g/mol. The molecule has 1 heterocycles. The van der Waals surface area contributed by atoms with E-state index in [-0.39, 0.29) is 6.29 Å². The standard InChI is InChI=1S/C15H25NO2S/c1-3-17-15(18-4-2)8-9-16-11-13-10-12-6-5-7-14(12)19-13/h10,15-16H,3-9,11H2,1-2H3. The van der Waals surface area contributed by atoms with E-state index in [1.165, 1.54) is 24.1 Å². The fourth-order valence-corrected chi connectivity index (χ4v) is 3.73. The SMILES string of the molecule is CCOC(CCNCc1cc2c(s1)CCC2)OCC. The maximum Gasteiger partial charge on any atom is 0.158 e. The number of hydrogen-bond acceptors (Lipinski definition) is 4. The molecule has 0 unspecified atom stereocenters. The van der Waals surface area contributed by atoms with Gasteiger partial charge in [-0.25, -0.2) is 0 Å². The van der Waals surface area contributed by atoms with Gasteiger partial charge in [-0.1, -0.05) is 0 Å². The third-order valence-electron chi connectivity index (χ3n) is 3.36. The minimum absolute atomic E-state index is 0.0594. The van der Waals surface area contributed by atoms with E-state index < -0.39 is 0 Å². The van der Waals surface area contributed by atoms with Crippen LogP contribution in [0.3, 0.4) is 0 Å². The van der Waals surface area contributed by atoms with Gasteiger partial charge in [0.05, 0.1) is 0 Å². The Morgan fingerprint density at radius 1 is 1.26 bits per heavy atom. The zero-order chi connectivity index (χ0) is 13.5. The zero-order valence-electron chi connectivity index (χ0n) is 12.0. The minimum atomic E-state index is -0.0594. The molecule has 1 aliphatic rings. The normalized spacial score (nSPS) is 14.3. The number of nitrogens with one attached hydrogen (secondary N) is 1. The smallest absolute Gasteiger partial charge is 0.158 e. The van der Waals surface area contributed by atoms with Crippen LogP contribution in [0.5, 0.6) is 0 Å². The number of ether oxygens (including phenoxy) is 2. The topological polar surface area (TPSA) is 30.5 Å². The van der Waals surface area contributed by atoms with Gasteiger partial charge >= 0.3 is 0 Å². The lowest BCUT2D eigenvalue weighted by molar-refractivity contribution is -0.138. The predicted octanol–water partition coefficient (Wildman–Crippen LogP) is 3.12. The Kier molecular flexibility index (Phi) is 6.31. The molecule has 1 aliphatic carbocycles. The van der Waals surface area contributed by atoms with E-state index in [1.54, 1.807) is 10.4 Å². The van der Waals surface area contributed by atoms with Crippen LogP contribution in [-0.4, -0.2) is 26.0 Å². The van der Waals surface area contributed by atoms with Crippen molar-refractivity contribution in [3.05, 3.63) is 21.4 Å². The molecule has 0 radical (unpaired) electrons. The Hall–Kier alpha value is -0.420. The average molecular weight is 283 g/mol. The molecule has 0 bridgehead atoms. The van der Waals surface area contributed by atoms with E-state index in [9.17, 15) is 0 Å². The van der Waals surface area contributed by atoms with Crippen LogP contribution in [0.1, 0.15) is 42.0 Å². The average Bonchev–Trinajstić information content (AvgIpc) is 2.95. The van der Waals surface area contributed by atoms with Gasteiger partial charge in [0.25, 0.3) is 0 Å². The van der Waals surface area contributed by atoms with E-state index in [4.69, 9.17) is 9.47 Å². The van der Waals surface area contributed by atoms with Crippen molar-refractivity contribution in [2.45, 2.75) is 52.4 Å². The highest BCUT2D eigenvalue weighted by Crippen LogP contribution is 2.30. The Bertz CT molecular complexity index is 351.